The molecule has 0 aliphatic heterocycles. The molecular formula is C12H9N3O4. The Kier molecular flexibility index (Phi) is 3.37. The first-order valence-corrected chi connectivity index (χ1v) is 5.29. The van der Waals surface area contributed by atoms with Gasteiger partial charge in [-0.2, -0.15) is 0 Å². The van der Waals surface area contributed by atoms with E-state index in [1.165, 1.54) is 6.07 Å². The summed E-state index contributed by atoms with van der Waals surface area (Å²) >= 11 is 0. The smallest absolute Gasteiger partial charge is 0.317 e. The predicted octanol–water partition coefficient (Wildman–Crippen LogP) is 3.23. The highest BCUT2D eigenvalue weighted by atomic mass is 16.6. The van der Waals surface area contributed by atoms with Crippen molar-refractivity contribution in [2.24, 2.45) is 5.11 Å². The average Bonchev–Trinajstić information content (AvgIpc) is 2.40. The van der Waals surface area contributed by atoms with Gasteiger partial charge in [0.1, 0.15) is 5.69 Å². The van der Waals surface area contributed by atoms with Crippen molar-refractivity contribution in [1.82, 2.24) is 0 Å². The molecule has 19 heavy (non-hydrogen) atoms. The number of nitro benzene ring substituents is 1. The van der Waals surface area contributed by atoms with Gasteiger partial charge in [0.05, 0.1) is 11.0 Å². The van der Waals surface area contributed by atoms with Crippen molar-refractivity contribution in [1.29, 1.82) is 0 Å². The lowest BCUT2D eigenvalue weighted by atomic mass is 10.2. The Labute approximate surface area is 107 Å². The van der Waals surface area contributed by atoms with E-state index in [1.54, 1.807) is 30.3 Å². The first-order chi connectivity index (χ1) is 9.08. The van der Waals surface area contributed by atoms with Crippen LogP contribution in [0, 0.1) is 15.3 Å². The van der Waals surface area contributed by atoms with E-state index in [-0.39, 0.29) is 10.5 Å². The molecule has 0 saturated carbocycles. The van der Waals surface area contributed by atoms with E-state index in [0.717, 1.165) is 12.1 Å². The van der Waals surface area contributed by atoms with Crippen LogP contribution in [0.4, 0.5) is 17.1 Å². The van der Waals surface area contributed by atoms with Gasteiger partial charge in [-0.05, 0) is 23.1 Å². The second-order valence-corrected chi connectivity index (χ2v) is 3.64. The summed E-state index contributed by atoms with van der Waals surface area (Å²) in [6.07, 6.45) is 0. The van der Waals surface area contributed by atoms with E-state index in [4.69, 9.17) is 0 Å². The van der Waals surface area contributed by atoms with E-state index in [2.05, 4.69) is 5.11 Å². The number of phenols is 1. The van der Waals surface area contributed by atoms with Gasteiger partial charge in [0, 0.05) is 11.2 Å². The van der Waals surface area contributed by atoms with Crippen molar-refractivity contribution < 1.29 is 14.9 Å². The first kappa shape index (κ1) is 12.5. The molecule has 96 valence electrons. The molecule has 2 aromatic rings. The Balaban J connectivity index is 2.39. The van der Waals surface area contributed by atoms with Gasteiger partial charge in [0.15, 0.2) is 5.75 Å². The Morgan fingerprint density at radius 3 is 2.37 bits per heavy atom. The van der Waals surface area contributed by atoms with Crippen LogP contribution < -0.4 is 0 Å². The molecule has 7 nitrogen and oxygen atoms in total. The molecule has 2 rings (SSSR count). The van der Waals surface area contributed by atoms with Gasteiger partial charge in [-0.1, -0.05) is 18.2 Å². The van der Waals surface area contributed by atoms with Crippen LogP contribution >= 0.6 is 0 Å². The standard InChI is InChI=1S/C12H9N3O4/c16-12-7-6-10(8-11(12)15(18)19)14(17)13-9-4-2-1-3-5-9/h1-8,16H. The Bertz CT molecular complexity index is 641. The Hall–Kier alpha value is -2.96. The zero-order valence-corrected chi connectivity index (χ0v) is 9.63. The minimum atomic E-state index is -0.769. The van der Waals surface area contributed by atoms with Crippen LogP contribution in [0.15, 0.2) is 53.6 Å². The quantitative estimate of drug-likeness (QED) is 0.395. The molecule has 0 atom stereocenters. The molecule has 2 aromatic carbocycles. The summed E-state index contributed by atoms with van der Waals surface area (Å²) in [6.45, 7) is 0. The van der Waals surface area contributed by atoms with Gasteiger partial charge in [-0.25, -0.2) is 0 Å². The fourth-order valence-corrected chi connectivity index (χ4v) is 1.43. The largest absolute Gasteiger partial charge is 0.594 e. The minimum absolute atomic E-state index is 0.0339. The topological polar surface area (TPSA) is 102 Å². The van der Waals surface area contributed by atoms with Gasteiger partial charge in [0.25, 0.3) is 5.69 Å². The van der Waals surface area contributed by atoms with Crippen LogP contribution in [0.3, 0.4) is 0 Å². The zero-order chi connectivity index (χ0) is 13.8. The SMILES string of the molecule is O=[N+]([O-])c1cc([N+]([O-])=Nc2ccccc2)ccc1O. The zero-order valence-electron chi connectivity index (χ0n) is 9.63. The summed E-state index contributed by atoms with van der Waals surface area (Å²) in [4.78, 5) is 10.1. The molecule has 7 heteroatoms. The molecule has 0 unspecified atom stereocenters. The molecule has 0 heterocycles. The van der Waals surface area contributed by atoms with Crippen LogP contribution in [0.5, 0.6) is 5.75 Å². The van der Waals surface area contributed by atoms with E-state index >= 15 is 0 Å². The van der Waals surface area contributed by atoms with Crippen molar-refractivity contribution >= 4 is 17.1 Å². The number of azo groups is 1. The maximum absolute atomic E-state index is 11.7. The molecule has 0 aromatic heterocycles. The van der Waals surface area contributed by atoms with Crippen molar-refractivity contribution in [2.45, 2.75) is 0 Å². The van der Waals surface area contributed by atoms with Crippen LogP contribution in [-0.4, -0.2) is 14.9 Å². The molecule has 0 spiro atoms. The molecule has 0 aliphatic carbocycles. The molecule has 0 radical (unpaired) electrons. The van der Waals surface area contributed by atoms with Crippen molar-refractivity contribution in [3.05, 3.63) is 63.9 Å². The average molecular weight is 259 g/mol. The number of nitro groups is 1. The third kappa shape index (κ3) is 2.83. The van der Waals surface area contributed by atoms with Crippen molar-refractivity contribution in [2.75, 3.05) is 0 Å². The lowest BCUT2D eigenvalue weighted by Crippen LogP contribution is -1.94. The molecule has 0 aliphatic rings. The van der Waals surface area contributed by atoms with E-state index in [0.29, 0.717) is 5.69 Å². The summed E-state index contributed by atoms with van der Waals surface area (Å²) in [5.41, 5.74) is -0.150. The molecule has 0 fully saturated rings. The Morgan fingerprint density at radius 2 is 1.74 bits per heavy atom. The molecule has 0 bridgehead atoms. The lowest BCUT2D eigenvalue weighted by Gasteiger charge is -2.00. The summed E-state index contributed by atoms with van der Waals surface area (Å²) < 4.78 is 0. The van der Waals surface area contributed by atoms with Gasteiger partial charge in [0.2, 0.25) is 0 Å². The fraction of sp³-hybridized carbons (Fsp3) is 0. The highest BCUT2D eigenvalue weighted by Gasteiger charge is 2.17. The maximum atomic E-state index is 11.7. The fourth-order valence-electron chi connectivity index (χ4n) is 1.43. The molecular weight excluding hydrogens is 250 g/mol. The summed E-state index contributed by atoms with van der Waals surface area (Å²) in [5, 5.41) is 35.4. The maximum Gasteiger partial charge on any atom is 0.317 e. The van der Waals surface area contributed by atoms with Crippen molar-refractivity contribution in [3.8, 4) is 5.75 Å². The second-order valence-electron chi connectivity index (χ2n) is 3.64. The minimum Gasteiger partial charge on any atom is -0.594 e. The normalized spacial score (nSPS) is 11.3. The van der Waals surface area contributed by atoms with Gasteiger partial charge in [-0.15, -0.1) is 0 Å². The van der Waals surface area contributed by atoms with Crippen LogP contribution in [0.2, 0.25) is 0 Å². The lowest BCUT2D eigenvalue weighted by molar-refractivity contribution is -0.436. The van der Waals surface area contributed by atoms with Crippen molar-refractivity contribution in [3.63, 3.8) is 0 Å². The first-order valence-electron chi connectivity index (χ1n) is 5.29. The number of phenolic OH excluding ortho intramolecular Hbond substituents is 1. The molecule has 0 saturated heterocycles. The number of hydrogen-bond acceptors (Lipinski definition) is 5. The summed E-state index contributed by atoms with van der Waals surface area (Å²) in [7, 11) is 0. The predicted molar refractivity (Wildman–Crippen MR) is 66.6 cm³/mol. The number of hydrogen-bond donors (Lipinski definition) is 1. The highest BCUT2D eigenvalue weighted by molar-refractivity contribution is 5.52. The third-order valence-electron chi connectivity index (χ3n) is 2.34. The Morgan fingerprint density at radius 1 is 1.05 bits per heavy atom. The molecule has 0 amide bonds. The van der Waals surface area contributed by atoms with E-state index < -0.39 is 16.4 Å². The number of rotatable bonds is 3. The number of aromatic hydroxyl groups is 1. The van der Waals surface area contributed by atoms with Crippen LogP contribution in [0.25, 0.3) is 0 Å². The highest BCUT2D eigenvalue weighted by Crippen LogP contribution is 2.30. The van der Waals surface area contributed by atoms with Gasteiger partial charge in [-0.3, -0.25) is 10.1 Å². The number of nitrogens with zero attached hydrogens (tertiary/aromatic N) is 3. The van der Waals surface area contributed by atoms with Gasteiger partial charge >= 0.3 is 5.69 Å². The van der Waals surface area contributed by atoms with E-state index in [9.17, 15) is 20.4 Å². The summed E-state index contributed by atoms with van der Waals surface area (Å²) in [5.74, 6) is -0.498. The van der Waals surface area contributed by atoms with E-state index in [1.807, 2.05) is 0 Å². The van der Waals surface area contributed by atoms with Gasteiger partial charge < -0.3 is 10.3 Å². The summed E-state index contributed by atoms with van der Waals surface area (Å²) in [6, 6.07) is 11.8. The number of benzene rings is 2. The van der Waals surface area contributed by atoms with Crippen LogP contribution in [-0.2, 0) is 0 Å². The second kappa shape index (κ2) is 5.13. The third-order valence-corrected chi connectivity index (χ3v) is 2.34. The monoisotopic (exact) mass is 259 g/mol. The molecule has 1 N–H and O–H groups in total. The van der Waals surface area contributed by atoms with Crippen LogP contribution in [0.1, 0.15) is 0 Å².